The standard InChI is InChI=1S/C7H9ClO2/c1-4-7(3,8)6(9)10-5-2/h4-5H,1-2H2,3H3. The van der Waals surface area contributed by atoms with E-state index in [2.05, 4.69) is 17.9 Å². The monoisotopic (exact) mass is 160 g/mol. The first-order valence-corrected chi connectivity index (χ1v) is 3.07. The molecule has 0 aliphatic rings. The van der Waals surface area contributed by atoms with Crippen molar-refractivity contribution < 1.29 is 9.53 Å². The van der Waals surface area contributed by atoms with Gasteiger partial charge >= 0.3 is 5.97 Å². The smallest absolute Gasteiger partial charge is 0.335 e. The van der Waals surface area contributed by atoms with Gasteiger partial charge < -0.3 is 4.74 Å². The van der Waals surface area contributed by atoms with E-state index in [1.807, 2.05) is 0 Å². The van der Waals surface area contributed by atoms with Gasteiger partial charge in [0.15, 0.2) is 4.87 Å². The summed E-state index contributed by atoms with van der Waals surface area (Å²) in [6.07, 6.45) is 2.34. The zero-order valence-corrected chi connectivity index (χ0v) is 6.52. The molecule has 0 aliphatic carbocycles. The van der Waals surface area contributed by atoms with Crippen LogP contribution in [0.4, 0.5) is 0 Å². The summed E-state index contributed by atoms with van der Waals surface area (Å²) < 4.78 is 4.42. The minimum atomic E-state index is -1.14. The highest BCUT2D eigenvalue weighted by Gasteiger charge is 2.27. The van der Waals surface area contributed by atoms with E-state index >= 15 is 0 Å². The zero-order valence-electron chi connectivity index (χ0n) is 5.76. The largest absolute Gasteiger partial charge is 0.434 e. The average Bonchev–Trinajstić information content (AvgIpc) is 1.89. The molecule has 0 heterocycles. The molecule has 0 N–H and O–H groups in total. The summed E-state index contributed by atoms with van der Waals surface area (Å²) in [5, 5.41) is 0. The number of alkyl halides is 1. The predicted octanol–water partition coefficient (Wildman–Crippen LogP) is 1.86. The average molecular weight is 161 g/mol. The van der Waals surface area contributed by atoms with Crippen LogP contribution < -0.4 is 0 Å². The molecule has 0 aromatic carbocycles. The van der Waals surface area contributed by atoms with Gasteiger partial charge in [-0.25, -0.2) is 4.79 Å². The van der Waals surface area contributed by atoms with Gasteiger partial charge in [-0.3, -0.25) is 0 Å². The van der Waals surface area contributed by atoms with Gasteiger partial charge in [-0.05, 0) is 6.92 Å². The van der Waals surface area contributed by atoms with Crippen LogP contribution in [0.1, 0.15) is 6.92 Å². The summed E-state index contributed by atoms with van der Waals surface area (Å²) in [5.74, 6) is -0.570. The van der Waals surface area contributed by atoms with E-state index in [1.54, 1.807) is 0 Å². The van der Waals surface area contributed by atoms with Crippen molar-refractivity contribution in [2.45, 2.75) is 11.8 Å². The van der Waals surface area contributed by atoms with E-state index in [1.165, 1.54) is 13.0 Å². The second-order valence-electron chi connectivity index (χ2n) is 1.85. The molecule has 3 heteroatoms. The Bertz CT molecular complexity index is 161. The fourth-order valence-corrected chi connectivity index (χ4v) is 0.319. The molecule has 0 saturated carbocycles. The highest BCUT2D eigenvalue weighted by atomic mass is 35.5. The zero-order chi connectivity index (χ0) is 8.20. The van der Waals surface area contributed by atoms with Crippen LogP contribution in [0.2, 0.25) is 0 Å². The molecule has 0 amide bonds. The van der Waals surface area contributed by atoms with Gasteiger partial charge in [-0.2, -0.15) is 0 Å². The summed E-state index contributed by atoms with van der Waals surface area (Å²) in [6, 6.07) is 0. The van der Waals surface area contributed by atoms with E-state index in [-0.39, 0.29) is 0 Å². The summed E-state index contributed by atoms with van der Waals surface area (Å²) in [6.45, 7) is 8.07. The molecule has 0 aromatic rings. The summed E-state index contributed by atoms with van der Waals surface area (Å²) in [7, 11) is 0. The van der Waals surface area contributed by atoms with Crippen LogP contribution in [0.25, 0.3) is 0 Å². The SMILES string of the molecule is C=COC(=O)C(C)(Cl)C=C. The lowest BCUT2D eigenvalue weighted by atomic mass is 10.2. The number of esters is 1. The Balaban J connectivity index is 4.17. The van der Waals surface area contributed by atoms with Gasteiger partial charge in [0.25, 0.3) is 0 Å². The maximum absolute atomic E-state index is 10.8. The van der Waals surface area contributed by atoms with E-state index in [0.29, 0.717) is 0 Å². The van der Waals surface area contributed by atoms with Crippen LogP contribution in [0.3, 0.4) is 0 Å². The van der Waals surface area contributed by atoms with Gasteiger partial charge in [0.05, 0.1) is 6.26 Å². The minimum absolute atomic E-state index is 0.570. The van der Waals surface area contributed by atoms with Gasteiger partial charge in [0.1, 0.15) is 0 Å². The highest BCUT2D eigenvalue weighted by molar-refractivity contribution is 6.35. The fraction of sp³-hybridized carbons (Fsp3) is 0.286. The lowest BCUT2D eigenvalue weighted by molar-refractivity contribution is -0.139. The van der Waals surface area contributed by atoms with Crippen LogP contribution in [-0.4, -0.2) is 10.8 Å². The molecule has 0 saturated heterocycles. The van der Waals surface area contributed by atoms with Gasteiger partial charge in [0.2, 0.25) is 0 Å². The Morgan fingerprint density at radius 2 is 2.20 bits per heavy atom. The fourth-order valence-electron chi connectivity index (χ4n) is 0.274. The molecular formula is C7H9ClO2. The number of hydrogen-bond acceptors (Lipinski definition) is 2. The maximum atomic E-state index is 10.8. The molecule has 0 spiro atoms. The molecule has 1 unspecified atom stereocenters. The van der Waals surface area contributed by atoms with Gasteiger partial charge in [-0.15, -0.1) is 18.2 Å². The Hall–Kier alpha value is -0.760. The first-order valence-electron chi connectivity index (χ1n) is 2.69. The Morgan fingerprint density at radius 3 is 2.50 bits per heavy atom. The van der Waals surface area contributed by atoms with Crippen molar-refractivity contribution in [1.82, 2.24) is 0 Å². The second kappa shape index (κ2) is 3.42. The molecule has 2 nitrogen and oxygen atoms in total. The number of rotatable bonds is 3. The second-order valence-corrected chi connectivity index (χ2v) is 2.64. The Kier molecular flexibility index (Phi) is 3.16. The van der Waals surface area contributed by atoms with Crippen molar-refractivity contribution in [2.24, 2.45) is 0 Å². The van der Waals surface area contributed by atoms with E-state index in [0.717, 1.165) is 6.26 Å². The number of ether oxygens (including phenoxy) is 1. The summed E-state index contributed by atoms with van der Waals surface area (Å²) in [4.78, 5) is 9.65. The highest BCUT2D eigenvalue weighted by Crippen LogP contribution is 2.16. The van der Waals surface area contributed by atoms with E-state index in [9.17, 15) is 4.79 Å². The Labute approximate surface area is 65.1 Å². The third-order valence-corrected chi connectivity index (χ3v) is 1.28. The first-order chi connectivity index (χ1) is 4.54. The predicted molar refractivity (Wildman–Crippen MR) is 40.7 cm³/mol. The van der Waals surface area contributed by atoms with Crippen molar-refractivity contribution in [3.8, 4) is 0 Å². The summed E-state index contributed by atoms with van der Waals surface area (Å²) in [5.41, 5.74) is 0. The molecule has 0 aromatic heterocycles. The quantitative estimate of drug-likeness (QED) is 0.273. The number of halogens is 1. The third kappa shape index (κ3) is 2.23. The maximum Gasteiger partial charge on any atom is 0.335 e. The molecule has 10 heavy (non-hydrogen) atoms. The van der Waals surface area contributed by atoms with Crippen LogP contribution in [-0.2, 0) is 9.53 Å². The van der Waals surface area contributed by atoms with Crippen molar-refractivity contribution >= 4 is 17.6 Å². The van der Waals surface area contributed by atoms with Gasteiger partial charge in [0, 0.05) is 0 Å². The Morgan fingerprint density at radius 1 is 1.70 bits per heavy atom. The summed E-state index contributed by atoms with van der Waals surface area (Å²) >= 11 is 5.61. The van der Waals surface area contributed by atoms with Gasteiger partial charge in [-0.1, -0.05) is 12.7 Å². The van der Waals surface area contributed by atoms with E-state index < -0.39 is 10.8 Å². The minimum Gasteiger partial charge on any atom is -0.434 e. The van der Waals surface area contributed by atoms with Crippen LogP contribution in [0.5, 0.6) is 0 Å². The number of carbonyl (C=O) groups is 1. The molecular weight excluding hydrogens is 152 g/mol. The molecule has 0 aliphatic heterocycles. The van der Waals surface area contributed by atoms with Crippen LogP contribution >= 0.6 is 11.6 Å². The molecule has 0 bridgehead atoms. The van der Waals surface area contributed by atoms with Crippen molar-refractivity contribution in [3.05, 3.63) is 25.5 Å². The number of carbonyl (C=O) groups excluding carboxylic acids is 1. The third-order valence-electron chi connectivity index (χ3n) is 0.973. The lowest BCUT2D eigenvalue weighted by Gasteiger charge is -2.12. The van der Waals surface area contributed by atoms with Crippen LogP contribution in [0, 0.1) is 0 Å². The molecule has 0 fully saturated rings. The normalized spacial score (nSPS) is 15.0. The first kappa shape index (κ1) is 9.24. The molecule has 0 radical (unpaired) electrons. The number of hydrogen-bond donors (Lipinski definition) is 0. The van der Waals surface area contributed by atoms with Crippen molar-refractivity contribution in [1.29, 1.82) is 0 Å². The lowest BCUT2D eigenvalue weighted by Crippen LogP contribution is -2.26. The molecule has 0 rings (SSSR count). The molecule has 1 atom stereocenters. The van der Waals surface area contributed by atoms with E-state index in [4.69, 9.17) is 11.6 Å². The van der Waals surface area contributed by atoms with Crippen molar-refractivity contribution in [2.75, 3.05) is 0 Å². The topological polar surface area (TPSA) is 26.3 Å². The molecule has 56 valence electrons. The van der Waals surface area contributed by atoms with Crippen LogP contribution in [0.15, 0.2) is 25.5 Å². The van der Waals surface area contributed by atoms with Crippen molar-refractivity contribution in [3.63, 3.8) is 0 Å².